The van der Waals surface area contributed by atoms with Gasteiger partial charge in [-0.1, -0.05) is 36.4 Å². The van der Waals surface area contributed by atoms with Crippen molar-refractivity contribution in [3.05, 3.63) is 77.5 Å². The van der Waals surface area contributed by atoms with E-state index in [2.05, 4.69) is 21.0 Å². The molecule has 29 heavy (non-hydrogen) atoms. The molecule has 0 unspecified atom stereocenters. The summed E-state index contributed by atoms with van der Waals surface area (Å²) in [7, 11) is 3.18. The van der Waals surface area contributed by atoms with Crippen molar-refractivity contribution in [1.82, 2.24) is 15.1 Å². The van der Waals surface area contributed by atoms with E-state index in [-0.39, 0.29) is 23.9 Å². The fraction of sp³-hybridized carbons (Fsp3) is 0.143. The summed E-state index contributed by atoms with van der Waals surface area (Å²) < 4.78 is 1.43. The standard InChI is InChI=1S/C21H21N5O3/c1-22-20(28)15-9-6-10-16(12-15)23-21(29)17-13-18(26(2)25-17)24-19(27)11-14-7-4-3-5-8-14/h3-10,12-13H,11H2,1-2H3,(H,22,28)(H,23,29)(H,24,27). The van der Waals surface area contributed by atoms with Gasteiger partial charge in [-0.15, -0.1) is 0 Å². The van der Waals surface area contributed by atoms with E-state index in [1.54, 1.807) is 31.3 Å². The van der Waals surface area contributed by atoms with Crippen LogP contribution in [0.1, 0.15) is 26.4 Å². The molecular formula is C21H21N5O3. The summed E-state index contributed by atoms with van der Waals surface area (Å²) in [5.74, 6) is -0.486. The van der Waals surface area contributed by atoms with Crippen LogP contribution in [0.5, 0.6) is 0 Å². The van der Waals surface area contributed by atoms with Gasteiger partial charge in [0.15, 0.2) is 5.69 Å². The summed E-state index contributed by atoms with van der Waals surface area (Å²) in [6.07, 6.45) is 0.222. The molecule has 0 saturated carbocycles. The number of aromatic nitrogens is 2. The molecule has 0 aliphatic heterocycles. The number of anilines is 2. The lowest BCUT2D eigenvalue weighted by Gasteiger charge is -2.05. The monoisotopic (exact) mass is 391 g/mol. The van der Waals surface area contributed by atoms with Gasteiger partial charge in [0.05, 0.1) is 6.42 Å². The molecule has 3 aromatic rings. The predicted molar refractivity (Wildman–Crippen MR) is 110 cm³/mol. The molecule has 8 heteroatoms. The normalized spacial score (nSPS) is 10.3. The molecule has 0 aliphatic rings. The highest BCUT2D eigenvalue weighted by Gasteiger charge is 2.15. The van der Waals surface area contributed by atoms with Gasteiger partial charge in [-0.3, -0.25) is 19.1 Å². The van der Waals surface area contributed by atoms with Crippen LogP contribution in [-0.2, 0) is 18.3 Å². The van der Waals surface area contributed by atoms with E-state index in [9.17, 15) is 14.4 Å². The van der Waals surface area contributed by atoms with E-state index in [0.717, 1.165) is 5.56 Å². The Kier molecular flexibility index (Phi) is 6.03. The first-order chi connectivity index (χ1) is 14.0. The van der Waals surface area contributed by atoms with E-state index in [1.165, 1.54) is 17.8 Å². The average Bonchev–Trinajstić information content (AvgIpc) is 3.08. The van der Waals surface area contributed by atoms with Crippen LogP contribution < -0.4 is 16.0 Å². The molecule has 0 saturated heterocycles. The van der Waals surface area contributed by atoms with Gasteiger partial charge >= 0.3 is 0 Å². The lowest BCUT2D eigenvalue weighted by Crippen LogP contribution is -2.18. The van der Waals surface area contributed by atoms with E-state index < -0.39 is 5.91 Å². The third-order valence-electron chi connectivity index (χ3n) is 4.20. The van der Waals surface area contributed by atoms with Crippen LogP contribution in [0.2, 0.25) is 0 Å². The Hall–Kier alpha value is -3.94. The second-order valence-corrected chi connectivity index (χ2v) is 6.36. The Morgan fingerprint density at radius 2 is 1.69 bits per heavy atom. The minimum atomic E-state index is -0.446. The second kappa shape index (κ2) is 8.83. The van der Waals surface area contributed by atoms with Crippen molar-refractivity contribution in [1.29, 1.82) is 0 Å². The lowest BCUT2D eigenvalue weighted by atomic mass is 10.1. The molecule has 0 atom stereocenters. The van der Waals surface area contributed by atoms with Gasteiger partial charge < -0.3 is 16.0 Å². The number of amides is 3. The number of hydrogen-bond donors (Lipinski definition) is 3. The van der Waals surface area contributed by atoms with Crippen molar-refractivity contribution in [2.75, 3.05) is 17.7 Å². The fourth-order valence-corrected chi connectivity index (χ4v) is 2.74. The van der Waals surface area contributed by atoms with Crippen molar-refractivity contribution in [3.63, 3.8) is 0 Å². The maximum Gasteiger partial charge on any atom is 0.276 e. The van der Waals surface area contributed by atoms with Crippen molar-refractivity contribution in [2.24, 2.45) is 7.05 Å². The first kappa shape index (κ1) is 19.8. The van der Waals surface area contributed by atoms with Gasteiger partial charge in [-0.05, 0) is 23.8 Å². The van der Waals surface area contributed by atoms with Crippen molar-refractivity contribution in [2.45, 2.75) is 6.42 Å². The molecule has 0 radical (unpaired) electrons. The summed E-state index contributed by atoms with van der Waals surface area (Å²) in [5.41, 5.74) is 1.94. The van der Waals surface area contributed by atoms with Crippen LogP contribution >= 0.6 is 0 Å². The Labute approximate surface area is 167 Å². The molecule has 0 aliphatic carbocycles. The number of hydrogen-bond acceptors (Lipinski definition) is 4. The van der Waals surface area contributed by atoms with Crippen LogP contribution in [0, 0.1) is 0 Å². The van der Waals surface area contributed by atoms with Crippen LogP contribution in [0.4, 0.5) is 11.5 Å². The lowest BCUT2D eigenvalue weighted by molar-refractivity contribution is -0.115. The predicted octanol–water partition coefficient (Wildman–Crippen LogP) is 2.21. The molecule has 1 heterocycles. The molecular weight excluding hydrogens is 370 g/mol. The number of rotatable bonds is 6. The van der Waals surface area contributed by atoms with Crippen molar-refractivity contribution in [3.8, 4) is 0 Å². The maximum atomic E-state index is 12.5. The zero-order chi connectivity index (χ0) is 20.8. The number of aryl methyl sites for hydroxylation is 1. The minimum Gasteiger partial charge on any atom is -0.355 e. The zero-order valence-electron chi connectivity index (χ0n) is 16.1. The van der Waals surface area contributed by atoms with E-state index in [4.69, 9.17) is 0 Å². The van der Waals surface area contributed by atoms with E-state index in [0.29, 0.717) is 17.1 Å². The van der Waals surface area contributed by atoms with E-state index >= 15 is 0 Å². The maximum absolute atomic E-state index is 12.5. The Morgan fingerprint density at radius 3 is 2.41 bits per heavy atom. The molecule has 2 aromatic carbocycles. The number of carbonyl (C=O) groups excluding carboxylic acids is 3. The van der Waals surface area contributed by atoms with Gasteiger partial charge in [0.1, 0.15) is 5.82 Å². The first-order valence-electron chi connectivity index (χ1n) is 8.97. The number of benzene rings is 2. The third kappa shape index (κ3) is 5.07. The van der Waals surface area contributed by atoms with Crippen LogP contribution in [0.3, 0.4) is 0 Å². The summed E-state index contributed by atoms with van der Waals surface area (Å²) >= 11 is 0. The van der Waals surface area contributed by atoms with Crippen LogP contribution in [-0.4, -0.2) is 34.5 Å². The first-order valence-corrected chi connectivity index (χ1v) is 8.97. The molecule has 8 nitrogen and oxygen atoms in total. The largest absolute Gasteiger partial charge is 0.355 e. The topological polar surface area (TPSA) is 105 Å². The Balaban J connectivity index is 1.67. The smallest absolute Gasteiger partial charge is 0.276 e. The van der Waals surface area contributed by atoms with Crippen LogP contribution in [0.15, 0.2) is 60.7 Å². The van der Waals surface area contributed by atoms with Gasteiger partial charge in [-0.25, -0.2) is 0 Å². The Morgan fingerprint density at radius 1 is 0.931 bits per heavy atom. The molecule has 0 bridgehead atoms. The fourth-order valence-electron chi connectivity index (χ4n) is 2.74. The summed E-state index contributed by atoms with van der Waals surface area (Å²) in [4.78, 5) is 36.5. The molecule has 3 amide bonds. The minimum absolute atomic E-state index is 0.146. The molecule has 3 N–H and O–H groups in total. The van der Waals surface area contributed by atoms with E-state index in [1.807, 2.05) is 30.3 Å². The molecule has 3 rings (SSSR count). The number of nitrogens with one attached hydrogen (secondary N) is 3. The second-order valence-electron chi connectivity index (χ2n) is 6.36. The third-order valence-corrected chi connectivity index (χ3v) is 4.20. The zero-order valence-corrected chi connectivity index (χ0v) is 16.1. The highest BCUT2D eigenvalue weighted by molar-refractivity contribution is 6.04. The van der Waals surface area contributed by atoms with Gasteiger partial charge in [0.25, 0.3) is 11.8 Å². The van der Waals surface area contributed by atoms with Gasteiger partial charge in [-0.2, -0.15) is 5.10 Å². The van der Waals surface area contributed by atoms with Gasteiger partial charge in [0.2, 0.25) is 5.91 Å². The molecule has 0 spiro atoms. The molecule has 0 fully saturated rings. The summed E-state index contributed by atoms with van der Waals surface area (Å²) in [5, 5.41) is 12.1. The summed E-state index contributed by atoms with van der Waals surface area (Å²) in [6, 6.07) is 17.4. The highest BCUT2D eigenvalue weighted by atomic mass is 16.2. The summed E-state index contributed by atoms with van der Waals surface area (Å²) in [6.45, 7) is 0. The quantitative estimate of drug-likeness (QED) is 0.599. The average molecular weight is 391 g/mol. The highest BCUT2D eigenvalue weighted by Crippen LogP contribution is 2.15. The Bertz CT molecular complexity index is 1040. The SMILES string of the molecule is CNC(=O)c1cccc(NC(=O)c2cc(NC(=O)Cc3ccccc3)n(C)n2)c1. The van der Waals surface area contributed by atoms with Crippen molar-refractivity contribution < 1.29 is 14.4 Å². The molecule has 148 valence electrons. The number of carbonyl (C=O) groups is 3. The number of nitrogens with zero attached hydrogens (tertiary/aromatic N) is 2. The van der Waals surface area contributed by atoms with Gasteiger partial charge in [0, 0.05) is 31.4 Å². The molecule has 1 aromatic heterocycles. The van der Waals surface area contributed by atoms with Crippen molar-refractivity contribution >= 4 is 29.2 Å². The van der Waals surface area contributed by atoms with Crippen LogP contribution in [0.25, 0.3) is 0 Å².